The van der Waals surface area contributed by atoms with E-state index in [0.717, 1.165) is 44.1 Å². The first-order chi connectivity index (χ1) is 13.0. The van der Waals surface area contributed by atoms with Gasteiger partial charge in [-0.2, -0.15) is 0 Å². The number of nitrogens with one attached hydrogen (secondary N) is 1. The Labute approximate surface area is 159 Å². The van der Waals surface area contributed by atoms with Gasteiger partial charge in [-0.05, 0) is 56.6 Å². The SMILES string of the molecule is Cc1cccc(C(=O)NC23CCCC(CC(=O)c4cnccn4)(CC2)C3)c1. The zero-order valence-electron chi connectivity index (χ0n) is 15.7. The van der Waals surface area contributed by atoms with Gasteiger partial charge in [-0.25, -0.2) is 4.98 Å². The topological polar surface area (TPSA) is 72.0 Å². The number of carbonyl (C=O) groups is 2. The molecule has 2 aromatic rings. The van der Waals surface area contributed by atoms with Crippen LogP contribution in [0.2, 0.25) is 0 Å². The molecule has 0 saturated heterocycles. The van der Waals surface area contributed by atoms with Crippen molar-refractivity contribution in [1.82, 2.24) is 15.3 Å². The Balaban J connectivity index is 1.48. The molecular formula is C22H25N3O2. The van der Waals surface area contributed by atoms with Crippen LogP contribution in [-0.4, -0.2) is 27.2 Å². The highest BCUT2D eigenvalue weighted by Crippen LogP contribution is 2.55. The van der Waals surface area contributed by atoms with E-state index in [1.165, 1.54) is 0 Å². The largest absolute Gasteiger partial charge is 0.347 e. The molecule has 2 bridgehead atoms. The zero-order valence-corrected chi connectivity index (χ0v) is 15.7. The van der Waals surface area contributed by atoms with E-state index >= 15 is 0 Å². The lowest BCUT2D eigenvalue weighted by Gasteiger charge is -2.40. The predicted molar refractivity (Wildman–Crippen MR) is 102 cm³/mol. The molecule has 5 nitrogen and oxygen atoms in total. The van der Waals surface area contributed by atoms with Gasteiger partial charge in [-0.1, -0.05) is 24.1 Å². The average Bonchev–Trinajstić information content (AvgIpc) is 2.92. The molecule has 2 atom stereocenters. The maximum absolute atomic E-state index is 12.8. The van der Waals surface area contributed by atoms with E-state index in [2.05, 4.69) is 15.3 Å². The number of carbonyl (C=O) groups excluding carboxylic acids is 2. The van der Waals surface area contributed by atoms with Crippen molar-refractivity contribution >= 4 is 11.7 Å². The fourth-order valence-electron chi connectivity index (χ4n) is 5.01. The monoisotopic (exact) mass is 363 g/mol. The third-order valence-electron chi connectivity index (χ3n) is 6.25. The lowest BCUT2D eigenvalue weighted by molar-refractivity contribution is 0.0801. The highest BCUT2D eigenvalue weighted by atomic mass is 16.2. The van der Waals surface area contributed by atoms with Crippen molar-refractivity contribution in [1.29, 1.82) is 0 Å². The second kappa shape index (κ2) is 6.87. The highest BCUT2D eigenvalue weighted by Gasteiger charge is 2.52. The molecule has 1 amide bonds. The third-order valence-corrected chi connectivity index (χ3v) is 6.25. The Morgan fingerprint density at radius 3 is 2.81 bits per heavy atom. The molecule has 140 valence electrons. The van der Waals surface area contributed by atoms with Gasteiger partial charge in [0, 0.05) is 29.9 Å². The molecule has 4 rings (SSSR count). The molecule has 1 heterocycles. The van der Waals surface area contributed by atoms with Crippen molar-refractivity contribution in [3.8, 4) is 0 Å². The van der Waals surface area contributed by atoms with Crippen molar-refractivity contribution in [2.75, 3.05) is 0 Å². The number of nitrogens with zero attached hydrogens (tertiary/aromatic N) is 2. The van der Waals surface area contributed by atoms with Crippen LogP contribution in [0.5, 0.6) is 0 Å². The summed E-state index contributed by atoms with van der Waals surface area (Å²) in [7, 11) is 0. The number of amides is 1. The average molecular weight is 363 g/mol. The van der Waals surface area contributed by atoms with Crippen LogP contribution >= 0.6 is 0 Å². The van der Waals surface area contributed by atoms with E-state index in [4.69, 9.17) is 0 Å². The number of fused-ring (bicyclic) bond motifs is 2. The number of hydrogen-bond donors (Lipinski definition) is 1. The van der Waals surface area contributed by atoms with Gasteiger partial charge in [0.25, 0.3) is 5.91 Å². The van der Waals surface area contributed by atoms with Crippen LogP contribution < -0.4 is 5.32 Å². The number of hydrogen-bond acceptors (Lipinski definition) is 4. The van der Waals surface area contributed by atoms with Gasteiger partial charge in [0.15, 0.2) is 5.78 Å². The lowest BCUT2D eigenvalue weighted by Crippen LogP contribution is -2.49. The number of rotatable bonds is 5. The molecule has 27 heavy (non-hydrogen) atoms. The van der Waals surface area contributed by atoms with Crippen LogP contribution in [0.25, 0.3) is 0 Å². The summed E-state index contributed by atoms with van der Waals surface area (Å²) in [5.41, 5.74) is 2.04. The van der Waals surface area contributed by atoms with Gasteiger partial charge in [-0.3, -0.25) is 14.6 Å². The van der Waals surface area contributed by atoms with Gasteiger partial charge in [0.1, 0.15) is 5.69 Å². The standard InChI is InChI=1S/C22H25N3O2/c1-16-4-2-5-17(12-16)20(27)25-22-7-3-6-21(15-22,8-9-22)13-19(26)18-14-23-10-11-24-18/h2,4-5,10-12,14H,3,6-9,13,15H2,1H3,(H,25,27). The quantitative estimate of drug-likeness (QED) is 0.818. The van der Waals surface area contributed by atoms with Crippen LogP contribution in [0.1, 0.15) is 71.4 Å². The zero-order chi connectivity index (χ0) is 18.9. The van der Waals surface area contributed by atoms with Crippen LogP contribution in [-0.2, 0) is 0 Å². The van der Waals surface area contributed by atoms with Crippen molar-refractivity contribution in [3.63, 3.8) is 0 Å². The maximum Gasteiger partial charge on any atom is 0.251 e. The van der Waals surface area contributed by atoms with Gasteiger partial charge in [0.05, 0.1) is 6.20 Å². The molecule has 0 spiro atoms. The Hall–Kier alpha value is -2.56. The Morgan fingerprint density at radius 2 is 2.04 bits per heavy atom. The first kappa shape index (κ1) is 17.8. The summed E-state index contributed by atoms with van der Waals surface area (Å²) in [6.45, 7) is 1.99. The van der Waals surface area contributed by atoms with Gasteiger partial charge < -0.3 is 5.32 Å². The molecule has 0 aliphatic heterocycles. The summed E-state index contributed by atoms with van der Waals surface area (Å²) in [4.78, 5) is 33.7. The van der Waals surface area contributed by atoms with Crippen molar-refractivity contribution in [2.24, 2.45) is 5.41 Å². The van der Waals surface area contributed by atoms with E-state index in [-0.39, 0.29) is 22.6 Å². The molecule has 2 fully saturated rings. The molecular weight excluding hydrogens is 338 g/mol. The van der Waals surface area contributed by atoms with Crippen LogP contribution in [0, 0.1) is 12.3 Å². The molecule has 1 aromatic carbocycles. The fraction of sp³-hybridized carbons (Fsp3) is 0.455. The number of Topliss-reactive ketones (excluding diaryl/α,β-unsaturated/α-hetero) is 1. The van der Waals surface area contributed by atoms with Crippen LogP contribution in [0.4, 0.5) is 0 Å². The molecule has 2 unspecified atom stereocenters. The van der Waals surface area contributed by atoms with Gasteiger partial charge in [0.2, 0.25) is 0 Å². The molecule has 0 radical (unpaired) electrons. The number of ketones is 1. The normalized spacial score (nSPS) is 26.6. The summed E-state index contributed by atoms with van der Waals surface area (Å²) < 4.78 is 0. The molecule has 2 aliphatic carbocycles. The van der Waals surface area contributed by atoms with E-state index < -0.39 is 0 Å². The molecule has 5 heteroatoms. The second-order valence-electron chi connectivity index (χ2n) is 8.32. The third kappa shape index (κ3) is 3.64. The van der Waals surface area contributed by atoms with E-state index in [0.29, 0.717) is 17.7 Å². The number of benzene rings is 1. The number of aryl methyl sites for hydroxylation is 1. The summed E-state index contributed by atoms with van der Waals surface area (Å²) in [5, 5.41) is 3.33. The highest BCUT2D eigenvalue weighted by molar-refractivity contribution is 5.95. The first-order valence-corrected chi connectivity index (χ1v) is 9.68. The van der Waals surface area contributed by atoms with E-state index in [1.54, 1.807) is 18.6 Å². The van der Waals surface area contributed by atoms with Gasteiger partial charge >= 0.3 is 0 Å². The summed E-state index contributed by atoms with van der Waals surface area (Å²) in [6, 6.07) is 7.70. The Morgan fingerprint density at radius 1 is 1.15 bits per heavy atom. The van der Waals surface area contributed by atoms with E-state index in [9.17, 15) is 9.59 Å². The first-order valence-electron chi connectivity index (χ1n) is 9.68. The number of aromatic nitrogens is 2. The van der Waals surface area contributed by atoms with Crippen LogP contribution in [0.15, 0.2) is 42.9 Å². The summed E-state index contributed by atoms with van der Waals surface area (Å²) in [6.07, 6.45) is 11.1. The molecule has 1 N–H and O–H groups in total. The smallest absolute Gasteiger partial charge is 0.251 e. The molecule has 1 aromatic heterocycles. The fourth-order valence-corrected chi connectivity index (χ4v) is 5.01. The predicted octanol–water partition coefficient (Wildman–Crippen LogP) is 3.88. The lowest BCUT2D eigenvalue weighted by atomic mass is 9.70. The van der Waals surface area contributed by atoms with Gasteiger partial charge in [-0.15, -0.1) is 0 Å². The molecule has 2 aliphatic rings. The molecule has 2 saturated carbocycles. The Bertz CT molecular complexity index is 867. The Kier molecular flexibility index (Phi) is 4.54. The second-order valence-corrected chi connectivity index (χ2v) is 8.32. The maximum atomic E-state index is 12.8. The summed E-state index contributed by atoms with van der Waals surface area (Å²) in [5.74, 6) is 0.0578. The summed E-state index contributed by atoms with van der Waals surface area (Å²) >= 11 is 0. The van der Waals surface area contributed by atoms with Crippen molar-refractivity contribution < 1.29 is 9.59 Å². The van der Waals surface area contributed by atoms with E-state index in [1.807, 2.05) is 31.2 Å². The minimum Gasteiger partial charge on any atom is -0.347 e. The minimum absolute atomic E-state index is 0.00310. The van der Waals surface area contributed by atoms with Crippen molar-refractivity contribution in [2.45, 2.75) is 57.4 Å². The van der Waals surface area contributed by atoms with Crippen LogP contribution in [0.3, 0.4) is 0 Å². The van der Waals surface area contributed by atoms with Crippen molar-refractivity contribution in [3.05, 3.63) is 59.7 Å². The minimum atomic E-state index is -0.179.